The fourth-order valence-electron chi connectivity index (χ4n) is 0.707. The van der Waals surface area contributed by atoms with Crippen LogP contribution in [0.25, 0.3) is 0 Å². The smallest absolute Gasteiger partial charge is 0.339 e. The number of nitrogens with zero attached hydrogens (tertiary/aromatic N) is 2. The van der Waals surface area contributed by atoms with E-state index in [-0.39, 0.29) is 8.74 Å². The van der Waals surface area contributed by atoms with E-state index < -0.39 is 16.1 Å². The van der Waals surface area contributed by atoms with Gasteiger partial charge < -0.3 is 5.73 Å². The standard InChI is InChI=1S/C6H7N3O3S2/c7-6(10)9(13)14(11,12)5-3-1-2-4-8-5/h1-4,13H,(H2,7,10). The summed E-state index contributed by atoms with van der Waals surface area (Å²) in [6.07, 6.45) is 1.29. The van der Waals surface area contributed by atoms with Crippen LogP contribution in [0.3, 0.4) is 0 Å². The molecule has 0 aliphatic heterocycles. The van der Waals surface area contributed by atoms with Crippen molar-refractivity contribution < 1.29 is 13.2 Å². The Morgan fingerprint density at radius 3 is 2.57 bits per heavy atom. The van der Waals surface area contributed by atoms with Crippen molar-refractivity contribution in [2.75, 3.05) is 0 Å². The zero-order chi connectivity index (χ0) is 10.8. The molecule has 1 aromatic rings. The van der Waals surface area contributed by atoms with E-state index in [2.05, 4.69) is 17.8 Å². The molecule has 0 aliphatic rings. The third-order valence-corrected chi connectivity index (χ3v) is 3.57. The molecule has 0 unspecified atom stereocenters. The SMILES string of the molecule is NC(=O)N(S)S(=O)(=O)c1ccccn1. The number of carbonyl (C=O) groups is 1. The second-order valence-corrected chi connectivity index (χ2v) is 4.66. The van der Waals surface area contributed by atoms with Crippen molar-refractivity contribution in [2.45, 2.75) is 5.03 Å². The van der Waals surface area contributed by atoms with Gasteiger partial charge in [-0.25, -0.2) is 9.78 Å². The number of hydrogen-bond acceptors (Lipinski definition) is 5. The molecule has 0 saturated heterocycles. The summed E-state index contributed by atoms with van der Waals surface area (Å²) in [5, 5.41) is -0.284. The molecule has 0 bridgehead atoms. The van der Waals surface area contributed by atoms with Gasteiger partial charge in [0.05, 0.1) is 0 Å². The summed E-state index contributed by atoms with van der Waals surface area (Å²) in [5.74, 6) is 0. The Morgan fingerprint density at radius 2 is 2.14 bits per heavy atom. The summed E-state index contributed by atoms with van der Waals surface area (Å²) in [4.78, 5) is 14.2. The highest BCUT2D eigenvalue weighted by molar-refractivity contribution is 8.00. The second kappa shape index (κ2) is 3.84. The van der Waals surface area contributed by atoms with Gasteiger partial charge in [0, 0.05) is 6.20 Å². The first-order valence-corrected chi connectivity index (χ1v) is 5.25. The number of urea groups is 1. The highest BCUT2D eigenvalue weighted by Crippen LogP contribution is 2.13. The minimum atomic E-state index is -4.03. The lowest BCUT2D eigenvalue weighted by Gasteiger charge is -2.11. The molecule has 76 valence electrons. The third-order valence-electron chi connectivity index (χ3n) is 1.32. The number of primary amides is 1. The van der Waals surface area contributed by atoms with Gasteiger partial charge in [-0.1, -0.05) is 6.07 Å². The largest absolute Gasteiger partial charge is 0.350 e. The first-order chi connectivity index (χ1) is 6.46. The quantitative estimate of drug-likeness (QED) is 0.703. The van der Waals surface area contributed by atoms with Gasteiger partial charge in [-0.15, -0.1) is 0 Å². The summed E-state index contributed by atoms with van der Waals surface area (Å²) >= 11 is 3.45. The molecule has 2 amide bonds. The number of nitrogens with two attached hydrogens (primary N) is 1. The molecule has 0 saturated carbocycles. The molecule has 0 aliphatic carbocycles. The molecule has 14 heavy (non-hydrogen) atoms. The van der Waals surface area contributed by atoms with Crippen molar-refractivity contribution in [3.05, 3.63) is 24.4 Å². The predicted octanol–water partition coefficient (Wildman–Crippen LogP) is -0.00420. The van der Waals surface area contributed by atoms with Gasteiger partial charge in [0.25, 0.3) is 10.0 Å². The average molecular weight is 233 g/mol. The zero-order valence-corrected chi connectivity index (χ0v) is 8.57. The molecule has 2 N–H and O–H groups in total. The summed E-state index contributed by atoms with van der Waals surface area (Å²) in [6, 6.07) is 3.08. The van der Waals surface area contributed by atoms with Gasteiger partial charge in [-0.05, 0) is 24.9 Å². The average Bonchev–Trinajstić information content (AvgIpc) is 2.18. The predicted molar refractivity (Wildman–Crippen MR) is 51.8 cm³/mol. The lowest BCUT2D eigenvalue weighted by Crippen LogP contribution is -2.33. The van der Waals surface area contributed by atoms with E-state index in [4.69, 9.17) is 5.73 Å². The lowest BCUT2D eigenvalue weighted by atomic mass is 10.5. The highest BCUT2D eigenvalue weighted by Gasteiger charge is 2.25. The maximum Gasteiger partial charge on any atom is 0.339 e. The highest BCUT2D eigenvalue weighted by atomic mass is 32.3. The first kappa shape index (κ1) is 10.8. The summed E-state index contributed by atoms with van der Waals surface area (Å²) in [5.41, 5.74) is 4.76. The van der Waals surface area contributed by atoms with E-state index in [1.54, 1.807) is 6.07 Å². The van der Waals surface area contributed by atoms with Crippen LogP contribution in [0, 0.1) is 0 Å². The van der Waals surface area contributed by atoms with Crippen LogP contribution in [0.15, 0.2) is 29.4 Å². The Bertz CT molecular complexity index is 431. The van der Waals surface area contributed by atoms with Crippen molar-refractivity contribution >= 4 is 28.9 Å². The molecule has 0 spiro atoms. The molecule has 1 aromatic heterocycles. The maximum absolute atomic E-state index is 11.5. The topological polar surface area (TPSA) is 93.4 Å². The van der Waals surface area contributed by atoms with Gasteiger partial charge >= 0.3 is 6.03 Å². The van der Waals surface area contributed by atoms with Crippen molar-refractivity contribution in [3.8, 4) is 0 Å². The van der Waals surface area contributed by atoms with Crippen LogP contribution in [0.2, 0.25) is 0 Å². The normalized spacial score (nSPS) is 10.9. The van der Waals surface area contributed by atoms with Crippen LogP contribution in [0.4, 0.5) is 4.79 Å². The minimum Gasteiger partial charge on any atom is -0.350 e. The number of amides is 2. The number of thiol groups is 1. The van der Waals surface area contributed by atoms with Crippen LogP contribution in [0.5, 0.6) is 0 Å². The maximum atomic E-state index is 11.5. The fourth-order valence-corrected chi connectivity index (χ4v) is 1.82. The Hall–Kier alpha value is -1.28. The van der Waals surface area contributed by atoms with E-state index in [1.165, 1.54) is 18.3 Å². The number of hydrogen-bond donors (Lipinski definition) is 2. The summed E-state index contributed by atoms with van der Waals surface area (Å²) in [6.45, 7) is 0. The monoisotopic (exact) mass is 233 g/mol. The molecule has 1 heterocycles. The summed E-state index contributed by atoms with van der Waals surface area (Å²) < 4.78 is 23.1. The molecule has 0 fully saturated rings. The van der Waals surface area contributed by atoms with E-state index in [1.807, 2.05) is 0 Å². The number of pyridine rings is 1. The van der Waals surface area contributed by atoms with E-state index in [0.29, 0.717) is 0 Å². The molecule has 0 aromatic carbocycles. The molecule has 0 radical (unpaired) electrons. The number of rotatable bonds is 2. The third kappa shape index (κ3) is 1.96. The number of carbonyl (C=O) groups excluding carboxylic acids is 1. The Morgan fingerprint density at radius 1 is 1.50 bits per heavy atom. The van der Waals surface area contributed by atoms with Crippen LogP contribution in [-0.4, -0.2) is 23.1 Å². The van der Waals surface area contributed by atoms with Gasteiger partial charge in [-0.3, -0.25) is 0 Å². The van der Waals surface area contributed by atoms with Gasteiger partial charge in [-0.2, -0.15) is 12.1 Å². The van der Waals surface area contributed by atoms with Crippen LogP contribution >= 0.6 is 12.8 Å². The molecule has 0 atom stereocenters. The fraction of sp³-hybridized carbons (Fsp3) is 0. The molecular formula is C6H7N3O3S2. The molecule has 1 rings (SSSR count). The van der Waals surface area contributed by atoms with Crippen LogP contribution in [0.1, 0.15) is 0 Å². The van der Waals surface area contributed by atoms with Crippen LogP contribution in [-0.2, 0) is 10.0 Å². The minimum absolute atomic E-state index is 0.134. The summed E-state index contributed by atoms with van der Waals surface area (Å²) in [7, 11) is -4.03. The zero-order valence-electron chi connectivity index (χ0n) is 6.86. The molecule has 6 nitrogen and oxygen atoms in total. The first-order valence-electron chi connectivity index (χ1n) is 3.41. The van der Waals surface area contributed by atoms with Gasteiger partial charge in [0.1, 0.15) is 0 Å². The number of aromatic nitrogens is 1. The second-order valence-electron chi connectivity index (χ2n) is 2.25. The van der Waals surface area contributed by atoms with E-state index >= 15 is 0 Å². The van der Waals surface area contributed by atoms with E-state index in [9.17, 15) is 13.2 Å². The number of sulfonamides is 1. The Labute approximate surface area is 86.3 Å². The molecule has 8 heteroatoms. The Balaban J connectivity index is 3.16. The van der Waals surface area contributed by atoms with Crippen molar-refractivity contribution in [1.29, 1.82) is 0 Å². The Kier molecular flexibility index (Phi) is 2.96. The van der Waals surface area contributed by atoms with Crippen molar-refractivity contribution in [1.82, 2.24) is 8.69 Å². The van der Waals surface area contributed by atoms with Gasteiger partial charge in [0.15, 0.2) is 5.03 Å². The van der Waals surface area contributed by atoms with Crippen LogP contribution < -0.4 is 5.73 Å². The van der Waals surface area contributed by atoms with E-state index in [0.717, 1.165) is 0 Å². The van der Waals surface area contributed by atoms with Crippen molar-refractivity contribution in [2.24, 2.45) is 5.73 Å². The molecular weight excluding hydrogens is 226 g/mol. The van der Waals surface area contributed by atoms with Gasteiger partial charge in [0.2, 0.25) is 0 Å². The van der Waals surface area contributed by atoms with Crippen molar-refractivity contribution in [3.63, 3.8) is 0 Å². The lowest BCUT2D eigenvalue weighted by molar-refractivity contribution is 0.245.